The van der Waals surface area contributed by atoms with Crippen LogP contribution in [0.2, 0.25) is 8.67 Å². The molecule has 0 fully saturated rings. The number of nitrogens with two attached hydrogens (primary N) is 1. The lowest BCUT2D eigenvalue weighted by Crippen LogP contribution is -2.27. The summed E-state index contributed by atoms with van der Waals surface area (Å²) in [7, 11) is -2.36. The second-order valence-corrected chi connectivity index (χ2v) is 7.94. The molecule has 2 N–H and O–H groups in total. The third-order valence-corrected chi connectivity index (χ3v) is 6.06. The third kappa shape index (κ3) is 2.67. The maximum Gasteiger partial charge on any atom is 0.266 e. The van der Waals surface area contributed by atoms with Gasteiger partial charge in [-0.25, -0.2) is 8.42 Å². The number of hydrogen-bond acceptors (Lipinski definition) is 4. The number of halogens is 2. The van der Waals surface area contributed by atoms with Gasteiger partial charge in [0.2, 0.25) is 0 Å². The van der Waals surface area contributed by atoms with Crippen LogP contribution in [0.4, 0.5) is 11.4 Å². The smallest absolute Gasteiger partial charge is 0.266 e. The number of para-hydroxylation sites is 2. The van der Waals surface area contributed by atoms with E-state index in [9.17, 15) is 8.42 Å². The first-order chi connectivity index (χ1) is 8.84. The van der Waals surface area contributed by atoms with Crippen LogP contribution in [0.3, 0.4) is 0 Å². The zero-order valence-electron chi connectivity index (χ0n) is 9.80. The summed E-state index contributed by atoms with van der Waals surface area (Å²) in [5, 5.41) is 0. The second kappa shape index (κ2) is 5.20. The SMILES string of the molecule is CN(c1ccccc1N)S(=O)(=O)c1cc(Cl)sc1Cl. The molecule has 1 heterocycles. The maximum atomic E-state index is 12.5. The number of nitrogen functional groups attached to an aromatic ring is 1. The lowest BCUT2D eigenvalue weighted by molar-refractivity contribution is 0.595. The van der Waals surface area contributed by atoms with Crippen LogP contribution in [0.5, 0.6) is 0 Å². The number of anilines is 2. The molecule has 4 nitrogen and oxygen atoms in total. The van der Waals surface area contributed by atoms with Gasteiger partial charge in [-0.1, -0.05) is 35.3 Å². The van der Waals surface area contributed by atoms with Crippen molar-refractivity contribution in [3.8, 4) is 0 Å². The fourth-order valence-electron chi connectivity index (χ4n) is 1.55. The summed E-state index contributed by atoms with van der Waals surface area (Å²) in [6, 6.07) is 8.02. The highest BCUT2D eigenvalue weighted by Crippen LogP contribution is 2.37. The van der Waals surface area contributed by atoms with Gasteiger partial charge in [-0.3, -0.25) is 4.31 Å². The molecule has 0 aliphatic carbocycles. The molecule has 0 spiro atoms. The van der Waals surface area contributed by atoms with E-state index < -0.39 is 10.0 Å². The minimum absolute atomic E-state index is 0.0186. The molecule has 19 heavy (non-hydrogen) atoms. The summed E-state index contributed by atoms with van der Waals surface area (Å²) in [4.78, 5) is -0.0186. The highest BCUT2D eigenvalue weighted by molar-refractivity contribution is 7.93. The molecule has 0 saturated carbocycles. The topological polar surface area (TPSA) is 63.4 Å². The van der Waals surface area contributed by atoms with Crippen LogP contribution < -0.4 is 10.0 Å². The molecule has 2 aromatic rings. The Kier molecular flexibility index (Phi) is 3.96. The Morgan fingerprint density at radius 3 is 2.42 bits per heavy atom. The number of sulfonamides is 1. The predicted octanol–water partition coefficient (Wildman–Crippen LogP) is 3.46. The summed E-state index contributed by atoms with van der Waals surface area (Å²) in [6.07, 6.45) is 0. The Bertz CT molecular complexity index is 713. The Morgan fingerprint density at radius 2 is 1.89 bits per heavy atom. The van der Waals surface area contributed by atoms with Crippen molar-refractivity contribution < 1.29 is 8.42 Å². The Balaban J connectivity index is 2.52. The molecule has 0 aliphatic rings. The van der Waals surface area contributed by atoms with E-state index in [2.05, 4.69) is 0 Å². The maximum absolute atomic E-state index is 12.5. The minimum atomic E-state index is -3.78. The molecule has 0 aliphatic heterocycles. The first-order valence-corrected chi connectivity index (χ1v) is 8.13. The van der Waals surface area contributed by atoms with Gasteiger partial charge in [0.05, 0.1) is 15.7 Å². The number of nitrogens with zero attached hydrogens (tertiary/aromatic N) is 1. The summed E-state index contributed by atoms with van der Waals surface area (Å²) in [5.41, 5.74) is 6.53. The lowest BCUT2D eigenvalue weighted by Gasteiger charge is -2.20. The normalized spacial score (nSPS) is 11.5. The van der Waals surface area contributed by atoms with Crippen molar-refractivity contribution in [1.82, 2.24) is 0 Å². The van der Waals surface area contributed by atoms with E-state index in [4.69, 9.17) is 28.9 Å². The average molecular weight is 337 g/mol. The highest BCUT2D eigenvalue weighted by Gasteiger charge is 2.27. The van der Waals surface area contributed by atoms with Gasteiger partial charge in [-0.15, -0.1) is 11.3 Å². The molecule has 0 atom stereocenters. The van der Waals surface area contributed by atoms with Gasteiger partial charge < -0.3 is 5.73 Å². The molecule has 8 heteroatoms. The first kappa shape index (κ1) is 14.5. The molecule has 0 bridgehead atoms. The van der Waals surface area contributed by atoms with Crippen molar-refractivity contribution in [1.29, 1.82) is 0 Å². The number of rotatable bonds is 3. The molecule has 102 valence electrons. The van der Waals surface area contributed by atoms with Crippen molar-refractivity contribution in [2.24, 2.45) is 0 Å². The average Bonchev–Trinajstić information content (AvgIpc) is 2.69. The summed E-state index contributed by atoms with van der Waals surface area (Å²) in [5.74, 6) is 0. The van der Waals surface area contributed by atoms with Crippen molar-refractivity contribution in [2.75, 3.05) is 17.1 Å². The number of benzene rings is 1. The summed E-state index contributed by atoms with van der Waals surface area (Å²) in [6.45, 7) is 0. The van der Waals surface area contributed by atoms with Gasteiger partial charge in [0.15, 0.2) is 0 Å². The molecule has 1 aromatic heterocycles. The van der Waals surface area contributed by atoms with E-state index in [-0.39, 0.29) is 9.23 Å². The third-order valence-electron chi connectivity index (χ3n) is 2.54. The van der Waals surface area contributed by atoms with Gasteiger partial charge in [0, 0.05) is 7.05 Å². The number of hydrogen-bond donors (Lipinski definition) is 1. The molecule has 0 radical (unpaired) electrons. The van der Waals surface area contributed by atoms with Crippen molar-refractivity contribution in [3.63, 3.8) is 0 Å². The van der Waals surface area contributed by atoms with Crippen molar-refractivity contribution >= 4 is 55.9 Å². The minimum Gasteiger partial charge on any atom is -0.397 e. The molecule has 0 amide bonds. The standard InChI is InChI=1S/C11H10Cl2N2O2S2/c1-15(8-5-3-2-4-7(8)14)19(16,17)9-6-10(12)18-11(9)13/h2-6H,14H2,1H3. The van der Waals surface area contributed by atoms with Gasteiger partial charge >= 0.3 is 0 Å². The Labute approximate surface area is 125 Å². The number of thiophene rings is 1. The van der Waals surface area contributed by atoms with E-state index in [1.807, 2.05) is 0 Å². The molecular weight excluding hydrogens is 327 g/mol. The summed E-state index contributed by atoms with van der Waals surface area (Å²) < 4.78 is 26.4. The largest absolute Gasteiger partial charge is 0.397 e. The van der Waals surface area contributed by atoms with Crippen LogP contribution in [0, 0.1) is 0 Å². The van der Waals surface area contributed by atoms with Crippen LogP contribution in [0.1, 0.15) is 0 Å². The van der Waals surface area contributed by atoms with Crippen molar-refractivity contribution in [2.45, 2.75) is 4.90 Å². The molecular formula is C11H10Cl2N2O2S2. The van der Waals surface area contributed by atoms with Crippen LogP contribution in [0.25, 0.3) is 0 Å². The summed E-state index contributed by atoms with van der Waals surface area (Å²) >= 11 is 12.7. The highest BCUT2D eigenvalue weighted by atomic mass is 35.5. The molecule has 1 aromatic carbocycles. The van der Waals surface area contributed by atoms with Crippen LogP contribution in [0.15, 0.2) is 35.2 Å². The molecule has 2 rings (SSSR count). The van der Waals surface area contributed by atoms with Crippen molar-refractivity contribution in [3.05, 3.63) is 39.0 Å². The predicted molar refractivity (Wildman–Crippen MR) is 80.8 cm³/mol. The van der Waals surface area contributed by atoms with E-state index in [0.29, 0.717) is 15.7 Å². The van der Waals surface area contributed by atoms with E-state index in [1.165, 1.54) is 13.1 Å². The van der Waals surface area contributed by atoms with Gasteiger partial charge in [0.1, 0.15) is 9.23 Å². The zero-order valence-corrected chi connectivity index (χ0v) is 12.9. The van der Waals surface area contributed by atoms with E-state index in [1.54, 1.807) is 24.3 Å². The van der Waals surface area contributed by atoms with Gasteiger partial charge in [-0.2, -0.15) is 0 Å². The van der Waals surface area contributed by atoms with Crippen LogP contribution >= 0.6 is 34.5 Å². The Morgan fingerprint density at radius 1 is 1.26 bits per heavy atom. The first-order valence-electron chi connectivity index (χ1n) is 5.12. The second-order valence-electron chi connectivity index (χ2n) is 3.72. The fourth-order valence-corrected chi connectivity index (χ4v) is 4.89. The van der Waals surface area contributed by atoms with Crippen LogP contribution in [-0.4, -0.2) is 15.5 Å². The van der Waals surface area contributed by atoms with E-state index >= 15 is 0 Å². The lowest BCUT2D eigenvalue weighted by atomic mass is 10.3. The van der Waals surface area contributed by atoms with Crippen LogP contribution in [-0.2, 0) is 10.0 Å². The monoisotopic (exact) mass is 336 g/mol. The Hall–Kier alpha value is -0.950. The van der Waals surface area contributed by atoms with Gasteiger partial charge in [-0.05, 0) is 18.2 Å². The van der Waals surface area contributed by atoms with E-state index in [0.717, 1.165) is 15.6 Å². The quantitative estimate of drug-likeness (QED) is 0.873. The fraction of sp³-hybridized carbons (Fsp3) is 0.0909. The molecule has 0 unspecified atom stereocenters. The molecule has 0 saturated heterocycles. The van der Waals surface area contributed by atoms with Gasteiger partial charge in [0.25, 0.3) is 10.0 Å². The zero-order chi connectivity index (χ0) is 14.2.